The largest absolute Gasteiger partial charge is 0.368 e. The molecular weight excluding hydrogens is 266 g/mol. The van der Waals surface area contributed by atoms with Gasteiger partial charge >= 0.3 is 0 Å². The molecule has 0 spiro atoms. The monoisotopic (exact) mass is 285 g/mol. The van der Waals surface area contributed by atoms with Crippen molar-refractivity contribution in [1.29, 1.82) is 0 Å². The minimum Gasteiger partial charge on any atom is -0.368 e. The number of nitrogens with one attached hydrogen (secondary N) is 3. The van der Waals surface area contributed by atoms with Crippen LogP contribution in [0.15, 0.2) is 6.20 Å². The quantitative estimate of drug-likeness (QED) is 0.680. The molecule has 3 N–H and O–H groups in total. The standard InChI is InChI=1S/C12H20ClN5O/c1-3-6-16-12-17-8-9(13)11(18-12)15-7-5-10(19)14-4-2/h8H,3-7H2,1-2H3,(H,14,19)(H2,15,16,17,18). The first-order valence-corrected chi connectivity index (χ1v) is 6.82. The number of aromatic nitrogens is 2. The van der Waals surface area contributed by atoms with Crippen molar-refractivity contribution < 1.29 is 4.79 Å². The molecule has 0 saturated carbocycles. The number of halogens is 1. The van der Waals surface area contributed by atoms with Crippen molar-refractivity contribution >= 4 is 29.3 Å². The van der Waals surface area contributed by atoms with Crippen LogP contribution < -0.4 is 16.0 Å². The van der Waals surface area contributed by atoms with E-state index in [0.29, 0.717) is 36.3 Å². The molecule has 0 aromatic carbocycles. The Balaban J connectivity index is 2.49. The number of nitrogens with zero attached hydrogens (tertiary/aromatic N) is 2. The number of rotatable bonds is 8. The molecule has 0 aliphatic heterocycles. The highest BCUT2D eigenvalue weighted by Gasteiger charge is 2.06. The second-order valence-corrected chi connectivity index (χ2v) is 4.35. The van der Waals surface area contributed by atoms with Gasteiger partial charge in [0.25, 0.3) is 0 Å². The molecule has 6 nitrogen and oxygen atoms in total. The summed E-state index contributed by atoms with van der Waals surface area (Å²) < 4.78 is 0. The third-order valence-corrected chi connectivity index (χ3v) is 2.57. The fourth-order valence-electron chi connectivity index (χ4n) is 1.39. The van der Waals surface area contributed by atoms with Gasteiger partial charge in [-0.3, -0.25) is 4.79 Å². The molecule has 1 amide bonds. The van der Waals surface area contributed by atoms with Gasteiger partial charge in [0.05, 0.1) is 6.20 Å². The van der Waals surface area contributed by atoms with Gasteiger partial charge in [0.1, 0.15) is 10.8 Å². The number of amides is 1. The minimum absolute atomic E-state index is 0.00418. The third-order valence-electron chi connectivity index (χ3n) is 2.30. The van der Waals surface area contributed by atoms with E-state index in [4.69, 9.17) is 11.6 Å². The highest BCUT2D eigenvalue weighted by molar-refractivity contribution is 6.32. The molecule has 0 fully saturated rings. The Labute approximate surface area is 118 Å². The van der Waals surface area contributed by atoms with Crippen LogP contribution in [0.3, 0.4) is 0 Å². The highest BCUT2D eigenvalue weighted by atomic mass is 35.5. The fraction of sp³-hybridized carbons (Fsp3) is 0.583. The molecule has 0 atom stereocenters. The van der Waals surface area contributed by atoms with Crippen LogP contribution in [-0.2, 0) is 4.79 Å². The molecule has 0 aliphatic carbocycles. The molecular formula is C12H20ClN5O. The Morgan fingerprint density at radius 2 is 2.11 bits per heavy atom. The summed E-state index contributed by atoms with van der Waals surface area (Å²) in [5, 5.41) is 9.29. The molecule has 19 heavy (non-hydrogen) atoms. The zero-order valence-electron chi connectivity index (χ0n) is 11.3. The van der Waals surface area contributed by atoms with E-state index in [1.165, 1.54) is 0 Å². The Morgan fingerprint density at radius 1 is 1.32 bits per heavy atom. The first-order valence-electron chi connectivity index (χ1n) is 6.44. The lowest BCUT2D eigenvalue weighted by Crippen LogP contribution is -2.25. The molecule has 0 bridgehead atoms. The van der Waals surface area contributed by atoms with E-state index in [-0.39, 0.29) is 5.91 Å². The number of carbonyl (C=O) groups is 1. The summed E-state index contributed by atoms with van der Waals surface area (Å²) in [4.78, 5) is 19.6. The van der Waals surface area contributed by atoms with E-state index in [1.807, 2.05) is 6.92 Å². The summed E-state index contributed by atoms with van der Waals surface area (Å²) in [5.74, 6) is 1.08. The van der Waals surface area contributed by atoms with Gasteiger partial charge in [0.2, 0.25) is 11.9 Å². The van der Waals surface area contributed by atoms with E-state index in [1.54, 1.807) is 6.20 Å². The molecule has 1 aromatic rings. The second kappa shape index (κ2) is 8.53. The average molecular weight is 286 g/mol. The Kier molecular flexibility index (Phi) is 6.95. The van der Waals surface area contributed by atoms with Crippen LogP contribution in [-0.4, -0.2) is 35.5 Å². The summed E-state index contributed by atoms with van der Waals surface area (Å²) in [6.07, 6.45) is 2.92. The van der Waals surface area contributed by atoms with Crippen LogP contribution in [0.4, 0.5) is 11.8 Å². The summed E-state index contributed by atoms with van der Waals surface area (Å²) >= 11 is 5.99. The SMILES string of the molecule is CCCNc1ncc(Cl)c(NCCC(=O)NCC)n1. The van der Waals surface area contributed by atoms with Crippen LogP contribution in [0.1, 0.15) is 26.7 Å². The van der Waals surface area contributed by atoms with Crippen LogP contribution in [0.2, 0.25) is 5.02 Å². The van der Waals surface area contributed by atoms with Gasteiger partial charge in [-0.15, -0.1) is 0 Å². The predicted octanol–water partition coefficient (Wildman–Crippen LogP) is 1.89. The van der Waals surface area contributed by atoms with E-state index >= 15 is 0 Å². The van der Waals surface area contributed by atoms with E-state index in [0.717, 1.165) is 13.0 Å². The fourth-order valence-corrected chi connectivity index (χ4v) is 1.55. The number of carbonyl (C=O) groups excluding carboxylic acids is 1. The lowest BCUT2D eigenvalue weighted by atomic mass is 10.4. The molecule has 0 aliphatic rings. The predicted molar refractivity (Wildman–Crippen MR) is 77.6 cm³/mol. The maximum Gasteiger partial charge on any atom is 0.224 e. The Bertz CT molecular complexity index is 413. The zero-order chi connectivity index (χ0) is 14.1. The summed E-state index contributed by atoms with van der Waals surface area (Å²) in [6, 6.07) is 0. The van der Waals surface area contributed by atoms with E-state index < -0.39 is 0 Å². The maximum absolute atomic E-state index is 11.3. The van der Waals surface area contributed by atoms with Crippen molar-refractivity contribution in [3.05, 3.63) is 11.2 Å². The highest BCUT2D eigenvalue weighted by Crippen LogP contribution is 2.19. The summed E-state index contributed by atoms with van der Waals surface area (Å²) in [7, 11) is 0. The Morgan fingerprint density at radius 3 is 2.79 bits per heavy atom. The lowest BCUT2D eigenvalue weighted by Gasteiger charge is -2.09. The number of anilines is 2. The molecule has 0 saturated heterocycles. The molecule has 1 rings (SSSR count). The van der Waals surface area contributed by atoms with Crippen LogP contribution in [0.25, 0.3) is 0 Å². The first kappa shape index (κ1) is 15.5. The first-order chi connectivity index (χ1) is 9.17. The van der Waals surface area contributed by atoms with Crippen LogP contribution in [0, 0.1) is 0 Å². The van der Waals surface area contributed by atoms with E-state index in [2.05, 4.69) is 32.8 Å². The molecule has 0 radical (unpaired) electrons. The molecule has 1 heterocycles. The molecule has 1 aromatic heterocycles. The van der Waals surface area contributed by atoms with Gasteiger partial charge in [-0.2, -0.15) is 4.98 Å². The van der Waals surface area contributed by atoms with Gasteiger partial charge in [0.15, 0.2) is 0 Å². The number of hydrogen-bond acceptors (Lipinski definition) is 5. The number of hydrogen-bond donors (Lipinski definition) is 3. The van der Waals surface area contributed by atoms with Crippen LogP contribution >= 0.6 is 11.6 Å². The van der Waals surface area contributed by atoms with Crippen LogP contribution in [0.5, 0.6) is 0 Å². The maximum atomic E-state index is 11.3. The van der Waals surface area contributed by atoms with Crippen molar-refractivity contribution in [2.24, 2.45) is 0 Å². The van der Waals surface area contributed by atoms with Gasteiger partial charge in [-0.25, -0.2) is 4.98 Å². The third kappa shape index (κ3) is 5.74. The smallest absolute Gasteiger partial charge is 0.224 e. The molecule has 106 valence electrons. The zero-order valence-corrected chi connectivity index (χ0v) is 12.0. The Hall–Kier alpha value is -1.56. The van der Waals surface area contributed by atoms with Crippen molar-refractivity contribution in [1.82, 2.24) is 15.3 Å². The lowest BCUT2D eigenvalue weighted by molar-refractivity contribution is -0.120. The average Bonchev–Trinajstić information content (AvgIpc) is 2.39. The van der Waals surface area contributed by atoms with Crippen molar-refractivity contribution in [2.75, 3.05) is 30.3 Å². The summed E-state index contributed by atoms with van der Waals surface area (Å²) in [5.41, 5.74) is 0. The van der Waals surface area contributed by atoms with Crippen molar-refractivity contribution in [3.63, 3.8) is 0 Å². The van der Waals surface area contributed by atoms with Gasteiger partial charge in [-0.1, -0.05) is 18.5 Å². The van der Waals surface area contributed by atoms with Crippen molar-refractivity contribution in [2.45, 2.75) is 26.7 Å². The minimum atomic E-state index is 0.00418. The van der Waals surface area contributed by atoms with Gasteiger partial charge in [-0.05, 0) is 13.3 Å². The van der Waals surface area contributed by atoms with Crippen molar-refractivity contribution in [3.8, 4) is 0 Å². The molecule has 7 heteroatoms. The topological polar surface area (TPSA) is 78.9 Å². The van der Waals surface area contributed by atoms with Gasteiger partial charge in [0, 0.05) is 26.1 Å². The normalized spacial score (nSPS) is 10.1. The second-order valence-electron chi connectivity index (χ2n) is 3.95. The molecule has 0 unspecified atom stereocenters. The van der Waals surface area contributed by atoms with E-state index in [9.17, 15) is 4.79 Å². The van der Waals surface area contributed by atoms with Gasteiger partial charge < -0.3 is 16.0 Å². The summed E-state index contributed by atoms with van der Waals surface area (Å²) in [6.45, 7) is 5.88.